The van der Waals surface area contributed by atoms with Gasteiger partial charge in [-0.3, -0.25) is 4.79 Å². The maximum atomic E-state index is 10.7. The minimum atomic E-state index is -0.738. The van der Waals surface area contributed by atoms with E-state index < -0.39 is 5.24 Å². The molecule has 0 aliphatic carbocycles. The molecule has 0 unspecified atom stereocenters. The molecule has 0 amide bonds. The standard InChI is InChI=1S/C7H6Cl3NO/c1-3-11-6(9)5(4(2)8)7(10)12/h3H,1H2,2H3/b5-4-,11-6+. The highest BCUT2D eigenvalue weighted by molar-refractivity contribution is 6.81. The average molecular weight is 226 g/mol. The van der Waals surface area contributed by atoms with Crippen molar-refractivity contribution in [2.45, 2.75) is 6.92 Å². The topological polar surface area (TPSA) is 29.4 Å². The van der Waals surface area contributed by atoms with Crippen LogP contribution in [-0.2, 0) is 4.79 Å². The van der Waals surface area contributed by atoms with Crippen molar-refractivity contribution < 1.29 is 4.79 Å². The van der Waals surface area contributed by atoms with E-state index in [-0.39, 0.29) is 15.8 Å². The molecule has 12 heavy (non-hydrogen) atoms. The van der Waals surface area contributed by atoms with Crippen molar-refractivity contribution in [1.82, 2.24) is 0 Å². The molecule has 0 heterocycles. The highest BCUT2D eigenvalue weighted by Crippen LogP contribution is 2.16. The van der Waals surface area contributed by atoms with Gasteiger partial charge in [-0.25, -0.2) is 4.99 Å². The molecule has 0 atom stereocenters. The Bertz CT molecular complexity index is 264. The Morgan fingerprint density at radius 1 is 1.42 bits per heavy atom. The minimum absolute atomic E-state index is 0.0000926. The molecule has 0 aromatic rings. The summed E-state index contributed by atoms with van der Waals surface area (Å²) in [5.74, 6) is 0. The van der Waals surface area contributed by atoms with Crippen LogP contribution in [-0.4, -0.2) is 10.4 Å². The highest BCUT2D eigenvalue weighted by Gasteiger charge is 2.14. The molecule has 0 aromatic heterocycles. The third-order valence-electron chi connectivity index (χ3n) is 0.952. The largest absolute Gasteiger partial charge is 0.275 e. The SMILES string of the molecule is C=C/N=C(Cl)\C(C(=O)Cl)=C(/C)Cl. The van der Waals surface area contributed by atoms with E-state index in [4.69, 9.17) is 34.8 Å². The van der Waals surface area contributed by atoms with E-state index >= 15 is 0 Å². The molecular weight excluding hydrogens is 220 g/mol. The summed E-state index contributed by atoms with van der Waals surface area (Å²) < 4.78 is 0. The Hall–Kier alpha value is -0.310. The van der Waals surface area contributed by atoms with E-state index in [1.807, 2.05) is 0 Å². The molecule has 0 aliphatic rings. The second-order valence-electron chi connectivity index (χ2n) is 1.78. The summed E-state index contributed by atoms with van der Waals surface area (Å²) in [7, 11) is 0. The summed E-state index contributed by atoms with van der Waals surface area (Å²) in [4.78, 5) is 14.3. The van der Waals surface area contributed by atoms with E-state index in [1.165, 1.54) is 13.1 Å². The van der Waals surface area contributed by atoms with Gasteiger partial charge in [0.2, 0.25) is 0 Å². The number of rotatable bonds is 3. The Kier molecular flexibility index (Phi) is 5.22. The average Bonchev–Trinajstić information content (AvgIpc) is 1.85. The van der Waals surface area contributed by atoms with Gasteiger partial charge >= 0.3 is 0 Å². The second-order valence-corrected chi connectivity index (χ2v) is 3.05. The number of aliphatic imine (C=N–C) groups is 1. The third-order valence-corrected chi connectivity index (χ3v) is 1.62. The summed E-state index contributed by atoms with van der Waals surface area (Å²) >= 11 is 16.3. The van der Waals surface area contributed by atoms with Gasteiger partial charge in [0.05, 0.1) is 5.57 Å². The fourth-order valence-electron chi connectivity index (χ4n) is 0.503. The van der Waals surface area contributed by atoms with Gasteiger partial charge in [0.1, 0.15) is 5.17 Å². The lowest BCUT2D eigenvalue weighted by Gasteiger charge is -1.98. The molecule has 0 saturated heterocycles. The number of carbonyl (C=O) groups is 1. The Morgan fingerprint density at radius 3 is 2.17 bits per heavy atom. The number of halogens is 3. The molecule has 0 spiro atoms. The van der Waals surface area contributed by atoms with Gasteiger partial charge < -0.3 is 0 Å². The normalized spacial score (nSPS) is 13.8. The molecule has 5 heteroatoms. The van der Waals surface area contributed by atoms with E-state index in [1.54, 1.807) is 0 Å². The molecule has 0 aliphatic heterocycles. The van der Waals surface area contributed by atoms with Crippen LogP contribution in [0.1, 0.15) is 6.92 Å². The zero-order valence-corrected chi connectivity index (χ0v) is 8.54. The molecule has 0 radical (unpaired) electrons. The maximum Gasteiger partial charge on any atom is 0.256 e. The Balaban J connectivity index is 5.04. The van der Waals surface area contributed by atoms with Gasteiger partial charge in [0.15, 0.2) is 0 Å². The van der Waals surface area contributed by atoms with Crippen molar-refractivity contribution in [3.05, 3.63) is 23.4 Å². The van der Waals surface area contributed by atoms with Crippen LogP contribution in [0.2, 0.25) is 0 Å². The van der Waals surface area contributed by atoms with Gasteiger partial charge in [-0.05, 0) is 18.5 Å². The van der Waals surface area contributed by atoms with Gasteiger partial charge in [0.25, 0.3) is 5.24 Å². The summed E-state index contributed by atoms with van der Waals surface area (Å²) in [6, 6.07) is 0. The van der Waals surface area contributed by atoms with E-state index in [0.29, 0.717) is 0 Å². The number of carbonyl (C=O) groups excluding carboxylic acids is 1. The van der Waals surface area contributed by atoms with Gasteiger partial charge in [-0.15, -0.1) is 0 Å². The molecule has 0 aromatic carbocycles. The monoisotopic (exact) mass is 225 g/mol. The first kappa shape index (κ1) is 11.7. The summed E-state index contributed by atoms with van der Waals surface area (Å²) in [6.07, 6.45) is 1.20. The van der Waals surface area contributed by atoms with E-state index in [9.17, 15) is 4.79 Å². The molecule has 0 saturated carbocycles. The number of hydrogen-bond donors (Lipinski definition) is 0. The van der Waals surface area contributed by atoms with Crippen LogP contribution in [0.15, 0.2) is 28.4 Å². The highest BCUT2D eigenvalue weighted by atomic mass is 35.5. The molecule has 0 rings (SSSR count). The van der Waals surface area contributed by atoms with Crippen LogP contribution in [0.25, 0.3) is 0 Å². The quantitative estimate of drug-likeness (QED) is 0.413. The van der Waals surface area contributed by atoms with Crippen molar-refractivity contribution in [3.63, 3.8) is 0 Å². The minimum Gasteiger partial charge on any atom is -0.275 e. The number of hydrogen-bond acceptors (Lipinski definition) is 2. The zero-order valence-electron chi connectivity index (χ0n) is 6.27. The van der Waals surface area contributed by atoms with Crippen molar-refractivity contribution in [2.75, 3.05) is 0 Å². The number of nitrogens with zero attached hydrogens (tertiary/aromatic N) is 1. The van der Waals surface area contributed by atoms with Gasteiger partial charge in [-0.1, -0.05) is 29.8 Å². The van der Waals surface area contributed by atoms with Crippen molar-refractivity contribution in [1.29, 1.82) is 0 Å². The van der Waals surface area contributed by atoms with Crippen molar-refractivity contribution in [3.8, 4) is 0 Å². The Labute approximate surface area is 85.5 Å². The second kappa shape index (κ2) is 5.36. The third kappa shape index (κ3) is 3.39. The fourth-order valence-corrected chi connectivity index (χ4v) is 1.35. The maximum absolute atomic E-state index is 10.7. The van der Waals surface area contributed by atoms with Crippen LogP contribution >= 0.6 is 34.8 Å². The van der Waals surface area contributed by atoms with Crippen molar-refractivity contribution >= 4 is 45.2 Å². The summed E-state index contributed by atoms with van der Waals surface area (Å²) in [5.41, 5.74) is -0.0000926. The first-order valence-electron chi connectivity index (χ1n) is 2.91. The molecule has 0 fully saturated rings. The van der Waals surface area contributed by atoms with E-state index in [0.717, 1.165) is 0 Å². The van der Waals surface area contributed by atoms with Gasteiger partial charge in [0, 0.05) is 11.2 Å². The zero-order chi connectivity index (χ0) is 9.72. The smallest absolute Gasteiger partial charge is 0.256 e. The predicted molar refractivity (Wildman–Crippen MR) is 52.9 cm³/mol. The molecule has 2 nitrogen and oxygen atoms in total. The lowest BCUT2D eigenvalue weighted by atomic mass is 10.3. The number of allylic oxidation sites excluding steroid dienone is 2. The van der Waals surface area contributed by atoms with Crippen LogP contribution in [0.4, 0.5) is 0 Å². The summed E-state index contributed by atoms with van der Waals surface area (Å²) in [5, 5.41) is -0.596. The van der Waals surface area contributed by atoms with Gasteiger partial charge in [-0.2, -0.15) is 0 Å². The predicted octanol–water partition coefficient (Wildman–Crippen LogP) is 3.05. The lowest BCUT2D eigenvalue weighted by molar-refractivity contribution is -0.108. The molecule has 0 N–H and O–H groups in total. The molecule has 0 bridgehead atoms. The first-order valence-corrected chi connectivity index (χ1v) is 4.05. The molecular formula is C7H6Cl3NO. The van der Waals surface area contributed by atoms with Crippen LogP contribution in [0.3, 0.4) is 0 Å². The Morgan fingerprint density at radius 2 is 1.92 bits per heavy atom. The van der Waals surface area contributed by atoms with E-state index in [2.05, 4.69) is 11.6 Å². The van der Waals surface area contributed by atoms with Crippen LogP contribution < -0.4 is 0 Å². The fraction of sp³-hybridized carbons (Fsp3) is 0.143. The van der Waals surface area contributed by atoms with Crippen LogP contribution in [0, 0.1) is 0 Å². The molecule has 66 valence electrons. The summed E-state index contributed by atoms with van der Waals surface area (Å²) in [6.45, 7) is 4.81. The first-order chi connectivity index (χ1) is 5.50. The lowest BCUT2D eigenvalue weighted by Crippen LogP contribution is -2.03. The van der Waals surface area contributed by atoms with Crippen LogP contribution in [0.5, 0.6) is 0 Å². The van der Waals surface area contributed by atoms with Crippen molar-refractivity contribution in [2.24, 2.45) is 4.99 Å².